The van der Waals surface area contributed by atoms with Gasteiger partial charge in [-0.3, -0.25) is 14.4 Å². The van der Waals surface area contributed by atoms with E-state index in [0.717, 1.165) is 38.5 Å². The average Bonchev–Trinajstić information content (AvgIpc) is 3.22. The van der Waals surface area contributed by atoms with E-state index in [2.05, 4.69) is 10.3 Å². The second-order valence-corrected chi connectivity index (χ2v) is 8.87. The second-order valence-electron chi connectivity index (χ2n) is 8.87. The molecule has 2 amide bonds. The van der Waals surface area contributed by atoms with Gasteiger partial charge in [-0.25, -0.2) is 4.39 Å². The van der Waals surface area contributed by atoms with Gasteiger partial charge in [0.1, 0.15) is 5.82 Å². The number of H-pyrrole nitrogens is 1. The highest BCUT2D eigenvalue weighted by Crippen LogP contribution is 2.25. The van der Waals surface area contributed by atoms with Crippen molar-refractivity contribution in [3.8, 4) is 0 Å². The fourth-order valence-corrected chi connectivity index (χ4v) is 4.73. The van der Waals surface area contributed by atoms with Crippen molar-refractivity contribution >= 4 is 28.5 Å². The van der Waals surface area contributed by atoms with Crippen LogP contribution in [-0.4, -0.2) is 59.8 Å². The van der Waals surface area contributed by atoms with Gasteiger partial charge in [0.05, 0.1) is 12.1 Å². The molecule has 0 unspecified atom stereocenters. The molecule has 0 atom stereocenters. The fourth-order valence-electron chi connectivity index (χ4n) is 4.73. The molecule has 0 radical (unpaired) electrons. The maximum Gasteiger partial charge on any atom is 0.295 e. The van der Waals surface area contributed by atoms with Gasteiger partial charge in [-0.05, 0) is 49.8 Å². The Morgan fingerprint density at radius 2 is 1.84 bits per heavy atom. The summed E-state index contributed by atoms with van der Waals surface area (Å²) in [5, 5.41) is 3.47. The molecule has 4 rings (SSSR count). The van der Waals surface area contributed by atoms with Crippen molar-refractivity contribution in [2.24, 2.45) is 5.92 Å². The number of aromatic nitrogens is 1. The number of halogens is 1. The standard InChI is InChI=1S/C24H30FN3O4/c25-17-6-7-19-20(13-26-21(19)12-17)23(30)24(31)28(14-16-4-2-1-3-5-16)15-22(29)27-18-8-10-32-11-9-18/h6-7,12-13,16,18,26H,1-5,8-11,14-15H2,(H,27,29). The van der Waals surface area contributed by atoms with Gasteiger partial charge in [-0.1, -0.05) is 19.3 Å². The highest BCUT2D eigenvalue weighted by Gasteiger charge is 2.30. The van der Waals surface area contributed by atoms with Gasteiger partial charge in [0.2, 0.25) is 5.91 Å². The van der Waals surface area contributed by atoms with Gasteiger partial charge < -0.3 is 19.9 Å². The van der Waals surface area contributed by atoms with Crippen LogP contribution in [0.1, 0.15) is 55.3 Å². The zero-order chi connectivity index (χ0) is 22.5. The van der Waals surface area contributed by atoms with E-state index in [9.17, 15) is 18.8 Å². The lowest BCUT2D eigenvalue weighted by atomic mass is 9.89. The number of ether oxygens (including phenoxy) is 1. The van der Waals surface area contributed by atoms with E-state index in [1.54, 1.807) is 0 Å². The maximum absolute atomic E-state index is 13.5. The summed E-state index contributed by atoms with van der Waals surface area (Å²) >= 11 is 0. The Morgan fingerprint density at radius 1 is 1.09 bits per heavy atom. The normalized spacial score (nSPS) is 17.9. The van der Waals surface area contributed by atoms with Crippen molar-refractivity contribution in [2.45, 2.75) is 51.0 Å². The molecule has 2 fully saturated rings. The predicted octanol–water partition coefficient (Wildman–Crippen LogP) is 3.19. The first-order valence-electron chi connectivity index (χ1n) is 11.5. The predicted molar refractivity (Wildman–Crippen MR) is 118 cm³/mol. The van der Waals surface area contributed by atoms with Crippen LogP contribution in [0.2, 0.25) is 0 Å². The van der Waals surface area contributed by atoms with Crippen molar-refractivity contribution in [3.63, 3.8) is 0 Å². The number of carbonyl (C=O) groups excluding carboxylic acids is 3. The lowest BCUT2D eigenvalue weighted by Gasteiger charge is -2.30. The van der Waals surface area contributed by atoms with Crippen molar-refractivity contribution in [1.29, 1.82) is 0 Å². The lowest BCUT2D eigenvalue weighted by molar-refractivity contribution is -0.133. The molecule has 0 spiro atoms. The third-order valence-electron chi connectivity index (χ3n) is 6.49. The Kier molecular flexibility index (Phi) is 7.19. The van der Waals surface area contributed by atoms with Crippen LogP contribution in [-0.2, 0) is 14.3 Å². The molecule has 2 aromatic rings. The van der Waals surface area contributed by atoms with Gasteiger partial charge in [-0.2, -0.15) is 0 Å². The first kappa shape index (κ1) is 22.5. The molecule has 1 aliphatic heterocycles. The number of carbonyl (C=O) groups is 3. The van der Waals surface area contributed by atoms with E-state index >= 15 is 0 Å². The first-order chi connectivity index (χ1) is 15.5. The number of aromatic amines is 1. The number of nitrogens with zero attached hydrogens (tertiary/aromatic N) is 1. The van der Waals surface area contributed by atoms with Crippen LogP contribution in [0.15, 0.2) is 24.4 Å². The SMILES string of the molecule is O=C(CN(CC1CCCCC1)C(=O)C(=O)c1c[nH]c2cc(F)ccc12)NC1CCOCC1. The van der Waals surface area contributed by atoms with Crippen molar-refractivity contribution in [2.75, 3.05) is 26.3 Å². The summed E-state index contributed by atoms with van der Waals surface area (Å²) < 4.78 is 18.8. The van der Waals surface area contributed by atoms with E-state index in [1.165, 1.54) is 35.7 Å². The van der Waals surface area contributed by atoms with Crippen LogP contribution in [0.5, 0.6) is 0 Å². The third-order valence-corrected chi connectivity index (χ3v) is 6.49. The van der Waals surface area contributed by atoms with Crippen LogP contribution in [0.4, 0.5) is 4.39 Å². The number of Topliss-reactive ketones (excluding diaryl/α,β-unsaturated/α-hetero) is 1. The summed E-state index contributed by atoms with van der Waals surface area (Å²) in [6.07, 6.45) is 8.29. The fraction of sp³-hybridized carbons (Fsp3) is 0.542. The van der Waals surface area contributed by atoms with Crippen LogP contribution in [0.25, 0.3) is 10.9 Å². The third kappa shape index (κ3) is 5.35. The Bertz CT molecular complexity index is 977. The van der Waals surface area contributed by atoms with Crippen LogP contribution in [0, 0.1) is 11.7 Å². The van der Waals surface area contributed by atoms with Crippen molar-refractivity contribution in [1.82, 2.24) is 15.2 Å². The zero-order valence-corrected chi connectivity index (χ0v) is 18.2. The summed E-state index contributed by atoms with van der Waals surface area (Å²) in [4.78, 5) is 43.3. The average molecular weight is 444 g/mol. The molecule has 2 N–H and O–H groups in total. The number of rotatable bonds is 7. The second kappa shape index (κ2) is 10.3. The zero-order valence-electron chi connectivity index (χ0n) is 18.2. The molecule has 1 saturated carbocycles. The molecular formula is C24H30FN3O4. The van der Waals surface area contributed by atoms with E-state index in [0.29, 0.717) is 30.7 Å². The number of benzene rings is 1. The molecule has 7 nitrogen and oxygen atoms in total. The van der Waals surface area contributed by atoms with Crippen LogP contribution >= 0.6 is 0 Å². The van der Waals surface area contributed by atoms with E-state index in [-0.39, 0.29) is 30.0 Å². The minimum atomic E-state index is -0.692. The van der Waals surface area contributed by atoms with Gasteiger partial charge >= 0.3 is 0 Å². The van der Waals surface area contributed by atoms with Crippen molar-refractivity contribution in [3.05, 3.63) is 35.8 Å². The number of fused-ring (bicyclic) bond motifs is 1. The summed E-state index contributed by atoms with van der Waals surface area (Å²) in [7, 11) is 0. The molecule has 2 heterocycles. The Balaban J connectivity index is 1.49. The van der Waals surface area contributed by atoms with Gasteiger partial charge in [0.15, 0.2) is 0 Å². The summed E-state index contributed by atoms with van der Waals surface area (Å²) in [5.74, 6) is -1.77. The van der Waals surface area contributed by atoms with Gasteiger partial charge in [-0.15, -0.1) is 0 Å². The minimum Gasteiger partial charge on any atom is -0.381 e. The highest BCUT2D eigenvalue weighted by molar-refractivity contribution is 6.45. The highest BCUT2D eigenvalue weighted by atomic mass is 19.1. The van der Waals surface area contributed by atoms with Gasteiger partial charge in [0.25, 0.3) is 11.7 Å². The number of hydrogen-bond acceptors (Lipinski definition) is 4. The van der Waals surface area contributed by atoms with E-state index in [4.69, 9.17) is 4.74 Å². The van der Waals surface area contributed by atoms with Gasteiger partial charge in [0, 0.05) is 42.9 Å². The molecule has 1 aliphatic carbocycles. The molecule has 8 heteroatoms. The summed E-state index contributed by atoms with van der Waals surface area (Å²) in [6, 6.07) is 4.07. The monoisotopic (exact) mass is 443 g/mol. The van der Waals surface area contributed by atoms with E-state index in [1.807, 2.05) is 0 Å². The Morgan fingerprint density at radius 3 is 2.59 bits per heavy atom. The molecule has 2 aliphatic rings. The number of nitrogens with one attached hydrogen (secondary N) is 2. The Hall–Kier alpha value is -2.74. The quantitative estimate of drug-likeness (QED) is 0.508. The molecule has 1 aromatic carbocycles. The molecule has 1 aromatic heterocycles. The van der Waals surface area contributed by atoms with Crippen LogP contribution in [0.3, 0.4) is 0 Å². The smallest absolute Gasteiger partial charge is 0.295 e. The van der Waals surface area contributed by atoms with E-state index < -0.39 is 17.5 Å². The topological polar surface area (TPSA) is 91.5 Å². The molecule has 172 valence electrons. The number of hydrogen-bond donors (Lipinski definition) is 2. The first-order valence-corrected chi connectivity index (χ1v) is 11.5. The molecule has 32 heavy (non-hydrogen) atoms. The maximum atomic E-state index is 13.5. The molecule has 0 bridgehead atoms. The number of ketones is 1. The van der Waals surface area contributed by atoms with Crippen molar-refractivity contribution < 1.29 is 23.5 Å². The summed E-state index contributed by atoms with van der Waals surface area (Å²) in [6.45, 7) is 1.46. The Labute approximate surface area is 186 Å². The minimum absolute atomic E-state index is 0.0297. The summed E-state index contributed by atoms with van der Waals surface area (Å²) in [5.41, 5.74) is 0.653. The van der Waals surface area contributed by atoms with Crippen LogP contribution < -0.4 is 5.32 Å². The number of amides is 2. The molecule has 1 saturated heterocycles. The lowest BCUT2D eigenvalue weighted by Crippen LogP contribution is -2.48. The molecular weight excluding hydrogens is 413 g/mol. The largest absolute Gasteiger partial charge is 0.381 e.